The minimum Gasteiger partial charge on any atom is -0.455 e. The third-order valence-electron chi connectivity index (χ3n) is 2.61. The van der Waals surface area contributed by atoms with Crippen molar-refractivity contribution in [3.63, 3.8) is 0 Å². The van der Waals surface area contributed by atoms with E-state index in [0.717, 1.165) is 0 Å². The molecule has 1 heterocycles. The summed E-state index contributed by atoms with van der Waals surface area (Å²) in [5.74, 6) is -1.87. The van der Waals surface area contributed by atoms with Gasteiger partial charge in [0.1, 0.15) is 5.44 Å². The van der Waals surface area contributed by atoms with Gasteiger partial charge in [-0.3, -0.25) is 14.4 Å². The molecule has 0 spiro atoms. The first kappa shape index (κ1) is 17.7. The summed E-state index contributed by atoms with van der Waals surface area (Å²) < 4.78 is 25.7. The standard InChI is InChI=1S/C12H18O8S/c1-5(13)17-8-9(18-6(2)14)11(16-4)20-12(21)10(8)19-7(3)15/h8-12,21H,1-4H3. The van der Waals surface area contributed by atoms with Crippen LogP contribution in [0.5, 0.6) is 0 Å². The average molecular weight is 322 g/mol. The van der Waals surface area contributed by atoms with Crippen LogP contribution in [-0.4, -0.2) is 55.1 Å². The topological polar surface area (TPSA) is 97.4 Å². The smallest absolute Gasteiger partial charge is 0.303 e. The van der Waals surface area contributed by atoms with Crippen LogP contribution in [0.2, 0.25) is 0 Å². The summed E-state index contributed by atoms with van der Waals surface area (Å²) in [7, 11) is 1.33. The Morgan fingerprint density at radius 1 is 0.857 bits per heavy atom. The summed E-state index contributed by atoms with van der Waals surface area (Å²) in [5.41, 5.74) is -0.907. The van der Waals surface area contributed by atoms with E-state index in [1.165, 1.54) is 27.9 Å². The molecule has 0 N–H and O–H groups in total. The molecule has 1 saturated heterocycles. The number of carbonyl (C=O) groups is 3. The summed E-state index contributed by atoms with van der Waals surface area (Å²) in [5, 5.41) is 0. The number of ether oxygens (including phenoxy) is 5. The van der Waals surface area contributed by atoms with E-state index in [2.05, 4.69) is 12.6 Å². The molecule has 0 aromatic heterocycles. The van der Waals surface area contributed by atoms with Gasteiger partial charge in [0.15, 0.2) is 24.6 Å². The molecule has 1 rings (SSSR count). The molecule has 1 fully saturated rings. The predicted molar refractivity (Wildman–Crippen MR) is 71.3 cm³/mol. The molecule has 0 aromatic rings. The Hall–Kier alpha value is -1.32. The maximum atomic E-state index is 11.3. The van der Waals surface area contributed by atoms with Gasteiger partial charge < -0.3 is 23.7 Å². The Balaban J connectivity index is 3.08. The minimum atomic E-state index is -1.09. The number of hydrogen-bond acceptors (Lipinski definition) is 9. The van der Waals surface area contributed by atoms with Crippen molar-refractivity contribution in [2.45, 2.75) is 50.8 Å². The van der Waals surface area contributed by atoms with Crippen molar-refractivity contribution in [1.82, 2.24) is 0 Å². The lowest BCUT2D eigenvalue weighted by Crippen LogP contribution is -2.60. The molecule has 0 saturated carbocycles. The molecule has 0 radical (unpaired) electrons. The zero-order valence-corrected chi connectivity index (χ0v) is 13.0. The fourth-order valence-corrected chi connectivity index (χ4v) is 2.29. The van der Waals surface area contributed by atoms with Crippen LogP contribution in [0, 0.1) is 0 Å². The van der Waals surface area contributed by atoms with Gasteiger partial charge >= 0.3 is 17.9 Å². The molecule has 8 nitrogen and oxygen atoms in total. The quantitative estimate of drug-likeness (QED) is 0.440. The zero-order chi connectivity index (χ0) is 16.2. The molecular weight excluding hydrogens is 304 g/mol. The molecule has 9 heteroatoms. The van der Waals surface area contributed by atoms with Gasteiger partial charge in [-0.25, -0.2) is 0 Å². The number of carbonyl (C=O) groups excluding carboxylic acids is 3. The fourth-order valence-electron chi connectivity index (χ4n) is 1.94. The van der Waals surface area contributed by atoms with E-state index in [4.69, 9.17) is 23.7 Å². The van der Waals surface area contributed by atoms with Crippen molar-refractivity contribution >= 4 is 30.5 Å². The van der Waals surface area contributed by atoms with Gasteiger partial charge in [0.05, 0.1) is 0 Å². The Morgan fingerprint density at radius 3 is 1.71 bits per heavy atom. The molecular formula is C12H18O8S. The second-order valence-corrected chi connectivity index (χ2v) is 4.86. The molecule has 0 amide bonds. The van der Waals surface area contributed by atoms with E-state index in [9.17, 15) is 14.4 Å². The van der Waals surface area contributed by atoms with Crippen LogP contribution >= 0.6 is 12.6 Å². The summed E-state index contributed by atoms with van der Waals surface area (Å²) in [4.78, 5) is 33.7. The second-order valence-electron chi connectivity index (χ2n) is 4.35. The van der Waals surface area contributed by atoms with Gasteiger partial charge in [0.2, 0.25) is 0 Å². The average Bonchev–Trinajstić information content (AvgIpc) is 2.35. The monoisotopic (exact) mass is 322 g/mol. The van der Waals surface area contributed by atoms with Crippen LogP contribution in [0.15, 0.2) is 0 Å². The van der Waals surface area contributed by atoms with E-state index in [1.54, 1.807) is 0 Å². The molecule has 0 aliphatic carbocycles. The van der Waals surface area contributed by atoms with Crippen molar-refractivity contribution in [3.05, 3.63) is 0 Å². The zero-order valence-electron chi connectivity index (χ0n) is 12.1. The number of esters is 3. The van der Waals surface area contributed by atoms with Gasteiger partial charge in [-0.15, -0.1) is 12.6 Å². The van der Waals surface area contributed by atoms with Crippen LogP contribution in [0.25, 0.3) is 0 Å². The van der Waals surface area contributed by atoms with Gasteiger partial charge in [-0.2, -0.15) is 0 Å². The van der Waals surface area contributed by atoms with E-state index in [0.29, 0.717) is 0 Å². The van der Waals surface area contributed by atoms with Gasteiger partial charge in [-0.05, 0) is 0 Å². The van der Waals surface area contributed by atoms with E-state index < -0.39 is 47.9 Å². The number of rotatable bonds is 4. The molecule has 1 aliphatic rings. The van der Waals surface area contributed by atoms with Crippen molar-refractivity contribution < 1.29 is 38.1 Å². The largest absolute Gasteiger partial charge is 0.455 e. The van der Waals surface area contributed by atoms with Gasteiger partial charge in [0.25, 0.3) is 0 Å². The lowest BCUT2D eigenvalue weighted by Gasteiger charge is -2.42. The lowest BCUT2D eigenvalue weighted by molar-refractivity contribution is -0.281. The Labute approximate surface area is 127 Å². The molecule has 5 atom stereocenters. The molecule has 120 valence electrons. The summed E-state index contributed by atoms with van der Waals surface area (Å²) in [6.07, 6.45) is -4.21. The Morgan fingerprint density at radius 2 is 1.29 bits per heavy atom. The normalized spacial score (nSPS) is 32.1. The Kier molecular flexibility index (Phi) is 6.43. The summed E-state index contributed by atoms with van der Waals surface area (Å²) in [6, 6.07) is 0. The third kappa shape index (κ3) is 4.87. The van der Waals surface area contributed by atoms with E-state index in [-0.39, 0.29) is 0 Å². The third-order valence-corrected chi connectivity index (χ3v) is 3.02. The molecule has 21 heavy (non-hydrogen) atoms. The highest BCUT2D eigenvalue weighted by Crippen LogP contribution is 2.30. The van der Waals surface area contributed by atoms with Crippen LogP contribution in [0.4, 0.5) is 0 Å². The molecule has 5 unspecified atom stereocenters. The molecule has 0 bridgehead atoms. The van der Waals surface area contributed by atoms with Crippen molar-refractivity contribution in [3.8, 4) is 0 Å². The number of methoxy groups -OCH3 is 1. The van der Waals surface area contributed by atoms with Gasteiger partial charge in [0, 0.05) is 27.9 Å². The first-order chi connectivity index (χ1) is 9.76. The highest BCUT2D eigenvalue weighted by Gasteiger charge is 2.51. The number of thiol groups is 1. The second kappa shape index (κ2) is 7.62. The summed E-state index contributed by atoms with van der Waals surface area (Å²) in [6.45, 7) is 3.56. The van der Waals surface area contributed by atoms with Crippen molar-refractivity contribution in [2.24, 2.45) is 0 Å². The Bertz CT molecular complexity index is 412. The molecule has 0 aromatic carbocycles. The van der Waals surface area contributed by atoms with Crippen LogP contribution < -0.4 is 0 Å². The van der Waals surface area contributed by atoms with Crippen LogP contribution in [0.1, 0.15) is 20.8 Å². The minimum absolute atomic E-state index is 0.614. The summed E-state index contributed by atoms with van der Waals surface area (Å²) >= 11 is 4.15. The SMILES string of the molecule is COC1OC(S)C(OC(C)=O)C(OC(C)=O)C1OC(C)=O. The van der Waals surface area contributed by atoms with E-state index in [1.807, 2.05) is 0 Å². The van der Waals surface area contributed by atoms with E-state index >= 15 is 0 Å². The fraction of sp³-hybridized carbons (Fsp3) is 0.750. The number of hydrogen-bond donors (Lipinski definition) is 1. The van der Waals surface area contributed by atoms with Crippen molar-refractivity contribution in [1.29, 1.82) is 0 Å². The first-order valence-electron chi connectivity index (χ1n) is 6.14. The molecule has 1 aliphatic heterocycles. The maximum absolute atomic E-state index is 11.3. The highest BCUT2D eigenvalue weighted by molar-refractivity contribution is 7.80. The van der Waals surface area contributed by atoms with Crippen LogP contribution in [0.3, 0.4) is 0 Å². The van der Waals surface area contributed by atoms with Crippen LogP contribution in [-0.2, 0) is 38.1 Å². The predicted octanol–water partition coefficient (Wildman–Crippen LogP) is 0.0401. The first-order valence-corrected chi connectivity index (χ1v) is 6.66. The van der Waals surface area contributed by atoms with Crippen molar-refractivity contribution in [2.75, 3.05) is 7.11 Å². The maximum Gasteiger partial charge on any atom is 0.303 e. The van der Waals surface area contributed by atoms with Gasteiger partial charge in [-0.1, -0.05) is 0 Å². The highest BCUT2D eigenvalue weighted by atomic mass is 32.1. The lowest BCUT2D eigenvalue weighted by atomic mass is 10.0.